The molecule has 0 amide bonds. The second-order valence-corrected chi connectivity index (χ2v) is 6.04. The molecule has 1 aromatic rings. The lowest BCUT2D eigenvalue weighted by atomic mass is 10.2. The maximum Gasteiger partial charge on any atom is 0.125 e. The number of rotatable bonds is 3. The number of benzene rings is 1. The summed E-state index contributed by atoms with van der Waals surface area (Å²) in [7, 11) is -0.885. The first kappa shape index (κ1) is 11.6. The minimum absolute atomic E-state index is 0.296. The second kappa shape index (κ2) is 4.95. The Kier molecular flexibility index (Phi) is 3.59. The molecule has 2 nitrogen and oxygen atoms in total. The molecule has 0 bridgehead atoms. The van der Waals surface area contributed by atoms with Crippen molar-refractivity contribution in [1.82, 2.24) is 0 Å². The number of hydrogen-bond donors (Lipinski definition) is 1. The van der Waals surface area contributed by atoms with Crippen LogP contribution in [0.25, 0.3) is 0 Å². The summed E-state index contributed by atoms with van der Waals surface area (Å²) in [6, 6.07) is 4.40. The zero-order valence-corrected chi connectivity index (χ0v) is 9.93. The van der Waals surface area contributed by atoms with Crippen LogP contribution < -0.4 is 5.73 Å². The number of nitrogen functional groups attached to an aromatic ring is 1. The van der Waals surface area contributed by atoms with Crippen LogP contribution in [0.2, 0.25) is 0 Å². The zero-order chi connectivity index (χ0) is 11.5. The van der Waals surface area contributed by atoms with Crippen LogP contribution in [0.5, 0.6) is 0 Å². The van der Waals surface area contributed by atoms with Gasteiger partial charge in [-0.2, -0.15) is 0 Å². The van der Waals surface area contributed by atoms with Crippen LogP contribution in [0, 0.1) is 5.82 Å². The van der Waals surface area contributed by atoms with E-state index in [0.717, 1.165) is 18.4 Å². The summed E-state index contributed by atoms with van der Waals surface area (Å²) in [5.41, 5.74) is 6.69. The lowest BCUT2D eigenvalue weighted by molar-refractivity contribution is 0.627. The molecule has 1 unspecified atom stereocenters. The van der Waals surface area contributed by atoms with Gasteiger partial charge < -0.3 is 5.73 Å². The Morgan fingerprint density at radius 3 is 2.62 bits per heavy atom. The van der Waals surface area contributed by atoms with Crippen molar-refractivity contribution in [1.29, 1.82) is 0 Å². The fraction of sp³-hybridized carbons (Fsp3) is 0.500. The smallest absolute Gasteiger partial charge is 0.125 e. The number of halogens is 1. The van der Waals surface area contributed by atoms with Gasteiger partial charge in [0.05, 0.1) is 0 Å². The van der Waals surface area contributed by atoms with E-state index in [1.807, 2.05) is 0 Å². The Labute approximate surface area is 97.5 Å². The Morgan fingerprint density at radius 2 is 2.00 bits per heavy atom. The summed E-state index contributed by atoms with van der Waals surface area (Å²) in [5.74, 6) is 0.0746. The molecule has 88 valence electrons. The summed E-state index contributed by atoms with van der Waals surface area (Å²) < 4.78 is 25.1. The first-order chi connectivity index (χ1) is 7.65. The fourth-order valence-corrected chi connectivity index (χ4v) is 3.78. The van der Waals surface area contributed by atoms with E-state index < -0.39 is 10.8 Å². The quantitative estimate of drug-likeness (QED) is 0.827. The predicted molar refractivity (Wildman–Crippen MR) is 64.9 cm³/mol. The maximum absolute atomic E-state index is 13.1. The van der Waals surface area contributed by atoms with Gasteiger partial charge in [-0.05, 0) is 36.6 Å². The molecule has 16 heavy (non-hydrogen) atoms. The van der Waals surface area contributed by atoms with Gasteiger partial charge in [0.25, 0.3) is 0 Å². The molecule has 2 N–H and O–H groups in total. The highest BCUT2D eigenvalue weighted by Crippen LogP contribution is 2.25. The molecule has 1 atom stereocenters. The van der Waals surface area contributed by atoms with Crippen LogP contribution in [0.4, 0.5) is 10.1 Å². The lowest BCUT2D eigenvalue weighted by Crippen LogP contribution is -2.12. The second-order valence-electron chi connectivity index (χ2n) is 4.32. The molecular weight excluding hydrogens is 225 g/mol. The molecule has 1 aliphatic rings. The standard InChI is InChI=1S/C12H16FNOS/c13-10-5-9(6-11(14)7-10)8-16(15)12-3-1-2-4-12/h5-7,12H,1-4,8,14H2. The molecule has 2 rings (SSSR count). The highest BCUT2D eigenvalue weighted by molar-refractivity contribution is 7.84. The summed E-state index contributed by atoms with van der Waals surface area (Å²) in [6.45, 7) is 0. The number of anilines is 1. The molecule has 4 heteroatoms. The average molecular weight is 241 g/mol. The molecule has 0 heterocycles. The summed E-state index contributed by atoms with van der Waals surface area (Å²) in [6.07, 6.45) is 4.41. The van der Waals surface area contributed by atoms with Crippen molar-refractivity contribution in [3.63, 3.8) is 0 Å². The van der Waals surface area contributed by atoms with E-state index >= 15 is 0 Å². The Morgan fingerprint density at radius 1 is 1.31 bits per heavy atom. The van der Waals surface area contributed by atoms with E-state index in [-0.39, 0.29) is 5.82 Å². The molecule has 0 aliphatic heterocycles. The Balaban J connectivity index is 2.05. The van der Waals surface area contributed by atoms with Crippen LogP contribution in [0.15, 0.2) is 18.2 Å². The van der Waals surface area contributed by atoms with Crippen molar-refractivity contribution in [3.05, 3.63) is 29.6 Å². The van der Waals surface area contributed by atoms with Crippen molar-refractivity contribution < 1.29 is 8.60 Å². The highest BCUT2D eigenvalue weighted by Gasteiger charge is 2.21. The van der Waals surface area contributed by atoms with E-state index in [1.54, 1.807) is 6.07 Å². The monoisotopic (exact) mass is 241 g/mol. The highest BCUT2D eigenvalue weighted by atomic mass is 32.2. The third kappa shape index (κ3) is 2.82. The van der Waals surface area contributed by atoms with Crippen molar-refractivity contribution in [2.75, 3.05) is 5.73 Å². The van der Waals surface area contributed by atoms with E-state index in [9.17, 15) is 8.60 Å². The van der Waals surface area contributed by atoms with E-state index in [1.165, 1.54) is 25.0 Å². The van der Waals surface area contributed by atoms with Gasteiger partial charge in [0.1, 0.15) is 5.82 Å². The minimum Gasteiger partial charge on any atom is -0.399 e. The lowest BCUT2D eigenvalue weighted by Gasteiger charge is -2.09. The van der Waals surface area contributed by atoms with Gasteiger partial charge in [-0.1, -0.05) is 12.8 Å². The van der Waals surface area contributed by atoms with Gasteiger partial charge in [-0.3, -0.25) is 4.21 Å². The van der Waals surface area contributed by atoms with Gasteiger partial charge in [-0.25, -0.2) is 4.39 Å². The van der Waals surface area contributed by atoms with Crippen molar-refractivity contribution in [2.24, 2.45) is 0 Å². The molecule has 0 radical (unpaired) electrons. The Hall–Kier alpha value is -0.900. The SMILES string of the molecule is Nc1cc(F)cc(CS(=O)C2CCCC2)c1. The topological polar surface area (TPSA) is 43.1 Å². The molecule has 0 aromatic heterocycles. The fourth-order valence-electron chi connectivity index (χ4n) is 2.19. The van der Waals surface area contributed by atoms with Crippen LogP contribution >= 0.6 is 0 Å². The van der Waals surface area contributed by atoms with Crippen LogP contribution in [-0.2, 0) is 16.6 Å². The predicted octanol–water partition coefficient (Wildman–Crippen LogP) is 2.60. The summed E-state index contributed by atoms with van der Waals surface area (Å²) in [5, 5.41) is 0.296. The average Bonchev–Trinajstić information content (AvgIpc) is 2.68. The van der Waals surface area contributed by atoms with Crippen molar-refractivity contribution >= 4 is 16.5 Å². The molecule has 1 saturated carbocycles. The van der Waals surface area contributed by atoms with Crippen LogP contribution in [-0.4, -0.2) is 9.46 Å². The zero-order valence-electron chi connectivity index (χ0n) is 9.12. The number of hydrogen-bond acceptors (Lipinski definition) is 2. The first-order valence-electron chi connectivity index (χ1n) is 5.57. The van der Waals surface area contributed by atoms with Gasteiger partial charge >= 0.3 is 0 Å². The Bertz CT molecular complexity index is 382. The van der Waals surface area contributed by atoms with E-state index in [0.29, 0.717) is 16.7 Å². The summed E-state index contributed by atoms with van der Waals surface area (Å²) in [4.78, 5) is 0. The van der Waals surface area contributed by atoms with Crippen LogP contribution in [0.3, 0.4) is 0 Å². The minimum atomic E-state index is -0.885. The molecule has 1 aliphatic carbocycles. The molecule has 0 spiro atoms. The summed E-state index contributed by atoms with van der Waals surface area (Å²) >= 11 is 0. The van der Waals surface area contributed by atoms with E-state index in [4.69, 9.17) is 5.73 Å². The normalized spacial score (nSPS) is 18.8. The third-order valence-corrected chi connectivity index (χ3v) is 4.80. The van der Waals surface area contributed by atoms with Gasteiger partial charge in [0.2, 0.25) is 0 Å². The molecule has 1 fully saturated rings. The maximum atomic E-state index is 13.1. The number of nitrogens with two attached hydrogens (primary N) is 1. The molecule has 0 saturated heterocycles. The van der Waals surface area contributed by atoms with Crippen LogP contribution in [0.1, 0.15) is 31.2 Å². The van der Waals surface area contributed by atoms with Crippen molar-refractivity contribution in [3.8, 4) is 0 Å². The largest absolute Gasteiger partial charge is 0.399 e. The molecule has 1 aromatic carbocycles. The van der Waals surface area contributed by atoms with Crippen molar-refractivity contribution in [2.45, 2.75) is 36.7 Å². The van der Waals surface area contributed by atoms with Gasteiger partial charge in [-0.15, -0.1) is 0 Å². The third-order valence-electron chi connectivity index (χ3n) is 2.96. The van der Waals surface area contributed by atoms with Gasteiger partial charge in [0, 0.05) is 27.5 Å². The molecular formula is C12H16FNOS. The first-order valence-corrected chi connectivity index (χ1v) is 6.95. The van der Waals surface area contributed by atoms with Gasteiger partial charge in [0.15, 0.2) is 0 Å². The van der Waals surface area contributed by atoms with E-state index in [2.05, 4.69) is 0 Å².